The molecular weight excluding hydrogens is 372 g/mol. The van der Waals surface area contributed by atoms with Crippen LogP contribution in [0.4, 0.5) is 5.13 Å². The van der Waals surface area contributed by atoms with Gasteiger partial charge in [-0.1, -0.05) is 55.0 Å². The number of anilines is 1. The third-order valence-electron chi connectivity index (χ3n) is 4.30. The molecule has 7 nitrogen and oxygen atoms in total. The highest BCUT2D eigenvalue weighted by molar-refractivity contribution is 7.89. The lowest BCUT2D eigenvalue weighted by Gasteiger charge is -2.22. The minimum Gasteiger partial charge on any atom is -0.299 e. The van der Waals surface area contributed by atoms with Gasteiger partial charge in [-0.25, -0.2) is 8.42 Å². The Balaban J connectivity index is 1.69. The van der Waals surface area contributed by atoms with E-state index in [1.807, 2.05) is 37.3 Å². The summed E-state index contributed by atoms with van der Waals surface area (Å²) in [5.74, 6) is -0.247. The molecular formula is C17H22N4O3S2. The maximum Gasteiger partial charge on any atom is 0.244 e. The number of hydrogen-bond donors (Lipinski definition) is 1. The molecule has 1 aliphatic heterocycles. The number of sulfonamides is 1. The standard InChI is InChI=1S/C17H22N4O3S2/c1-2-3-12-26(23,24)21-11-7-10-14(21)15(22)18-17-20-19-16(25-17)13-8-5-4-6-9-13/h4-6,8-9,14H,2-3,7,10-12H2,1H3,(H,18,20,22). The third kappa shape index (κ3) is 4.28. The van der Waals surface area contributed by atoms with E-state index in [0.29, 0.717) is 35.9 Å². The molecule has 1 unspecified atom stereocenters. The van der Waals surface area contributed by atoms with Gasteiger partial charge in [0.1, 0.15) is 11.0 Å². The van der Waals surface area contributed by atoms with Crippen molar-refractivity contribution in [2.24, 2.45) is 0 Å². The number of hydrogen-bond acceptors (Lipinski definition) is 6. The highest BCUT2D eigenvalue weighted by atomic mass is 32.2. The first-order valence-corrected chi connectivity index (χ1v) is 11.1. The van der Waals surface area contributed by atoms with Crippen molar-refractivity contribution < 1.29 is 13.2 Å². The molecule has 140 valence electrons. The number of amides is 1. The molecule has 2 aromatic rings. The molecule has 1 atom stereocenters. The van der Waals surface area contributed by atoms with Crippen LogP contribution in [0, 0.1) is 0 Å². The molecule has 1 amide bonds. The molecule has 1 aromatic heterocycles. The number of carbonyl (C=O) groups excluding carboxylic acids is 1. The predicted octanol–water partition coefficient (Wildman–Crippen LogP) is 2.74. The maximum atomic E-state index is 12.6. The minimum atomic E-state index is -3.41. The largest absolute Gasteiger partial charge is 0.299 e. The quantitative estimate of drug-likeness (QED) is 0.779. The number of unbranched alkanes of at least 4 members (excludes halogenated alkanes) is 1. The number of nitrogens with one attached hydrogen (secondary N) is 1. The molecule has 3 rings (SSSR count). The fraction of sp³-hybridized carbons (Fsp3) is 0.471. The molecule has 1 saturated heterocycles. The average Bonchev–Trinajstić information content (AvgIpc) is 3.30. The van der Waals surface area contributed by atoms with Crippen molar-refractivity contribution in [3.8, 4) is 10.6 Å². The molecule has 0 saturated carbocycles. The van der Waals surface area contributed by atoms with Crippen LogP contribution in [0.1, 0.15) is 32.6 Å². The van der Waals surface area contributed by atoms with Crippen LogP contribution in [0.2, 0.25) is 0 Å². The lowest BCUT2D eigenvalue weighted by molar-refractivity contribution is -0.119. The molecule has 0 bridgehead atoms. The minimum absolute atomic E-state index is 0.0875. The van der Waals surface area contributed by atoms with Crippen molar-refractivity contribution in [2.75, 3.05) is 17.6 Å². The summed E-state index contributed by atoms with van der Waals surface area (Å²) >= 11 is 1.27. The van der Waals surface area contributed by atoms with Crippen LogP contribution in [-0.2, 0) is 14.8 Å². The van der Waals surface area contributed by atoms with Gasteiger partial charge in [0, 0.05) is 12.1 Å². The molecule has 0 aliphatic carbocycles. The topological polar surface area (TPSA) is 92.3 Å². The van der Waals surface area contributed by atoms with E-state index < -0.39 is 16.1 Å². The van der Waals surface area contributed by atoms with E-state index in [9.17, 15) is 13.2 Å². The Morgan fingerprint density at radius 1 is 1.31 bits per heavy atom. The van der Waals surface area contributed by atoms with Crippen LogP contribution in [0.25, 0.3) is 10.6 Å². The highest BCUT2D eigenvalue weighted by Crippen LogP contribution is 2.28. The lowest BCUT2D eigenvalue weighted by atomic mass is 10.2. The summed E-state index contributed by atoms with van der Waals surface area (Å²) < 4.78 is 26.3. The van der Waals surface area contributed by atoms with Crippen molar-refractivity contribution in [2.45, 2.75) is 38.6 Å². The second-order valence-corrected chi connectivity index (χ2v) is 9.22. The van der Waals surface area contributed by atoms with Crippen molar-refractivity contribution >= 4 is 32.4 Å². The number of rotatable bonds is 7. The zero-order valence-electron chi connectivity index (χ0n) is 14.6. The smallest absolute Gasteiger partial charge is 0.244 e. The summed E-state index contributed by atoms with van der Waals surface area (Å²) in [6.07, 6.45) is 2.62. The van der Waals surface area contributed by atoms with E-state index in [-0.39, 0.29) is 11.7 Å². The first-order valence-electron chi connectivity index (χ1n) is 8.70. The van der Waals surface area contributed by atoms with E-state index in [0.717, 1.165) is 12.0 Å². The van der Waals surface area contributed by atoms with Crippen LogP contribution in [-0.4, -0.2) is 47.2 Å². The Morgan fingerprint density at radius 2 is 2.08 bits per heavy atom. The molecule has 1 aliphatic rings. The predicted molar refractivity (Wildman–Crippen MR) is 102 cm³/mol. The number of nitrogens with zero attached hydrogens (tertiary/aromatic N) is 3. The zero-order chi connectivity index (χ0) is 18.6. The summed E-state index contributed by atoms with van der Waals surface area (Å²) in [6, 6.07) is 8.91. The molecule has 9 heteroatoms. The van der Waals surface area contributed by atoms with Gasteiger partial charge in [0.15, 0.2) is 0 Å². The molecule has 0 spiro atoms. The Bertz CT molecular complexity index is 852. The molecule has 1 N–H and O–H groups in total. The molecule has 1 aromatic carbocycles. The number of benzene rings is 1. The molecule has 0 radical (unpaired) electrons. The monoisotopic (exact) mass is 394 g/mol. The van der Waals surface area contributed by atoms with Gasteiger partial charge in [0.2, 0.25) is 21.1 Å². The Hall–Kier alpha value is -1.84. The van der Waals surface area contributed by atoms with Crippen LogP contribution in [0.15, 0.2) is 30.3 Å². The summed E-state index contributed by atoms with van der Waals surface area (Å²) in [7, 11) is -3.41. The molecule has 1 fully saturated rings. The van der Waals surface area contributed by atoms with Gasteiger partial charge in [-0.3, -0.25) is 10.1 Å². The highest BCUT2D eigenvalue weighted by Gasteiger charge is 2.38. The Labute approximate surface area is 157 Å². The number of carbonyl (C=O) groups is 1. The van der Waals surface area contributed by atoms with Crippen molar-refractivity contribution in [3.63, 3.8) is 0 Å². The van der Waals surface area contributed by atoms with Crippen molar-refractivity contribution in [3.05, 3.63) is 30.3 Å². The summed E-state index contributed by atoms with van der Waals surface area (Å²) in [6.45, 7) is 2.35. The fourth-order valence-electron chi connectivity index (χ4n) is 2.94. The van der Waals surface area contributed by atoms with E-state index >= 15 is 0 Å². The van der Waals surface area contributed by atoms with Gasteiger partial charge in [0.25, 0.3) is 0 Å². The van der Waals surface area contributed by atoms with Gasteiger partial charge < -0.3 is 0 Å². The normalized spacial score (nSPS) is 18.1. The summed E-state index contributed by atoms with van der Waals surface area (Å²) in [5, 5.41) is 11.9. The van der Waals surface area contributed by atoms with Crippen molar-refractivity contribution in [1.29, 1.82) is 0 Å². The molecule has 26 heavy (non-hydrogen) atoms. The number of aromatic nitrogens is 2. The molecule has 2 heterocycles. The van der Waals surface area contributed by atoms with Crippen LogP contribution >= 0.6 is 11.3 Å². The van der Waals surface area contributed by atoms with Crippen LogP contribution < -0.4 is 5.32 Å². The second-order valence-electron chi connectivity index (χ2n) is 6.21. The van der Waals surface area contributed by atoms with E-state index in [1.165, 1.54) is 15.6 Å². The lowest BCUT2D eigenvalue weighted by Crippen LogP contribution is -2.44. The first kappa shape index (κ1) is 18.9. The summed E-state index contributed by atoms with van der Waals surface area (Å²) in [5.41, 5.74) is 0.926. The zero-order valence-corrected chi connectivity index (χ0v) is 16.2. The van der Waals surface area contributed by atoms with Gasteiger partial charge in [-0.2, -0.15) is 4.31 Å². The van der Waals surface area contributed by atoms with Crippen molar-refractivity contribution in [1.82, 2.24) is 14.5 Å². The first-order chi connectivity index (χ1) is 12.5. The van der Waals surface area contributed by atoms with E-state index in [4.69, 9.17) is 0 Å². The van der Waals surface area contributed by atoms with E-state index in [1.54, 1.807) is 0 Å². The van der Waals surface area contributed by atoms with E-state index in [2.05, 4.69) is 15.5 Å². The third-order valence-corrected chi connectivity index (χ3v) is 7.14. The van der Waals surface area contributed by atoms with Crippen LogP contribution in [0.3, 0.4) is 0 Å². The Morgan fingerprint density at radius 3 is 2.81 bits per heavy atom. The second kappa shape index (κ2) is 8.24. The Kier molecular flexibility index (Phi) is 6.00. The maximum absolute atomic E-state index is 12.6. The summed E-state index contributed by atoms with van der Waals surface area (Å²) in [4.78, 5) is 12.6. The van der Waals surface area contributed by atoms with Gasteiger partial charge in [-0.15, -0.1) is 10.2 Å². The SMILES string of the molecule is CCCCS(=O)(=O)N1CCCC1C(=O)Nc1nnc(-c2ccccc2)s1. The average molecular weight is 395 g/mol. The van der Waals surface area contributed by atoms with Gasteiger partial charge in [-0.05, 0) is 19.3 Å². The van der Waals surface area contributed by atoms with Gasteiger partial charge in [0.05, 0.1) is 5.75 Å². The van der Waals surface area contributed by atoms with Crippen LogP contribution in [0.5, 0.6) is 0 Å². The van der Waals surface area contributed by atoms with Gasteiger partial charge >= 0.3 is 0 Å². The fourth-order valence-corrected chi connectivity index (χ4v) is 5.58.